The van der Waals surface area contributed by atoms with Crippen molar-refractivity contribution in [2.75, 3.05) is 0 Å². The third kappa shape index (κ3) is 1.80. The number of hydrogen-bond donors (Lipinski definition) is 0. The highest BCUT2D eigenvalue weighted by Gasteiger charge is 2.30. The summed E-state index contributed by atoms with van der Waals surface area (Å²) in [5, 5.41) is 0. The highest BCUT2D eigenvalue weighted by Crippen LogP contribution is 2.36. The van der Waals surface area contributed by atoms with Crippen molar-refractivity contribution < 1.29 is 9.47 Å². The SMILES string of the molecule is C1=C\CC[C@@H]2Oc3ccccc3O[C@H]2CC/1. The van der Waals surface area contributed by atoms with Gasteiger partial charge in [0.2, 0.25) is 0 Å². The van der Waals surface area contributed by atoms with Crippen molar-refractivity contribution in [2.45, 2.75) is 37.9 Å². The molecule has 0 aromatic heterocycles. The standard InChI is InChI=1S/C14H16O2/c1-2-4-8-12-11(7-3-1)15-13-9-5-6-10-14(13)16-12/h1-2,5-6,9-12H,3-4,7-8H2/b2-1-/t11-,12-/m0/s1. The largest absolute Gasteiger partial charge is 0.483 e. The second kappa shape index (κ2) is 4.20. The zero-order valence-electron chi connectivity index (χ0n) is 9.26. The molecule has 1 aromatic rings. The van der Waals surface area contributed by atoms with Gasteiger partial charge in [-0.05, 0) is 37.8 Å². The molecular weight excluding hydrogens is 200 g/mol. The number of rotatable bonds is 0. The van der Waals surface area contributed by atoms with Crippen LogP contribution in [0.4, 0.5) is 0 Å². The van der Waals surface area contributed by atoms with Crippen molar-refractivity contribution in [3.05, 3.63) is 36.4 Å². The van der Waals surface area contributed by atoms with Crippen LogP contribution in [0.2, 0.25) is 0 Å². The molecule has 1 aliphatic carbocycles. The topological polar surface area (TPSA) is 18.5 Å². The lowest BCUT2D eigenvalue weighted by atomic mass is 9.99. The molecule has 0 saturated heterocycles. The summed E-state index contributed by atoms with van der Waals surface area (Å²) in [6.45, 7) is 0. The van der Waals surface area contributed by atoms with Gasteiger partial charge in [0, 0.05) is 0 Å². The first kappa shape index (κ1) is 9.76. The van der Waals surface area contributed by atoms with E-state index in [1.54, 1.807) is 0 Å². The van der Waals surface area contributed by atoms with Crippen molar-refractivity contribution >= 4 is 0 Å². The van der Waals surface area contributed by atoms with E-state index in [0.29, 0.717) is 0 Å². The molecule has 0 N–H and O–H groups in total. The zero-order chi connectivity index (χ0) is 10.8. The van der Waals surface area contributed by atoms with Crippen LogP contribution in [0.25, 0.3) is 0 Å². The smallest absolute Gasteiger partial charge is 0.161 e. The molecule has 2 nitrogen and oxygen atoms in total. The first-order valence-corrected chi connectivity index (χ1v) is 6.01. The number of allylic oxidation sites excluding steroid dienone is 2. The Balaban J connectivity index is 1.85. The Kier molecular flexibility index (Phi) is 2.56. The van der Waals surface area contributed by atoms with E-state index in [9.17, 15) is 0 Å². The van der Waals surface area contributed by atoms with E-state index in [-0.39, 0.29) is 12.2 Å². The third-order valence-electron chi connectivity index (χ3n) is 3.22. The van der Waals surface area contributed by atoms with Crippen LogP contribution in [-0.4, -0.2) is 12.2 Å². The van der Waals surface area contributed by atoms with E-state index in [2.05, 4.69) is 12.2 Å². The van der Waals surface area contributed by atoms with Gasteiger partial charge in [0.25, 0.3) is 0 Å². The normalized spacial score (nSPS) is 29.8. The van der Waals surface area contributed by atoms with Crippen LogP contribution in [0.1, 0.15) is 25.7 Å². The van der Waals surface area contributed by atoms with E-state index < -0.39 is 0 Å². The van der Waals surface area contributed by atoms with Gasteiger partial charge in [0.15, 0.2) is 11.5 Å². The van der Waals surface area contributed by atoms with Crippen LogP contribution >= 0.6 is 0 Å². The Morgan fingerprint density at radius 2 is 1.31 bits per heavy atom. The lowest BCUT2D eigenvalue weighted by Crippen LogP contribution is -2.40. The fourth-order valence-electron chi connectivity index (χ4n) is 2.37. The van der Waals surface area contributed by atoms with E-state index >= 15 is 0 Å². The van der Waals surface area contributed by atoms with Gasteiger partial charge in [-0.2, -0.15) is 0 Å². The van der Waals surface area contributed by atoms with Crippen molar-refractivity contribution in [2.24, 2.45) is 0 Å². The molecule has 0 spiro atoms. The molecule has 0 amide bonds. The van der Waals surface area contributed by atoms with Crippen molar-refractivity contribution in [3.8, 4) is 11.5 Å². The third-order valence-corrected chi connectivity index (χ3v) is 3.22. The Morgan fingerprint density at radius 1 is 0.812 bits per heavy atom. The monoisotopic (exact) mass is 216 g/mol. The van der Waals surface area contributed by atoms with Crippen LogP contribution in [0.3, 0.4) is 0 Å². The number of para-hydroxylation sites is 2. The minimum absolute atomic E-state index is 0.222. The van der Waals surface area contributed by atoms with Crippen LogP contribution in [0, 0.1) is 0 Å². The maximum atomic E-state index is 6.01. The van der Waals surface area contributed by atoms with Gasteiger partial charge in [0.1, 0.15) is 12.2 Å². The summed E-state index contributed by atoms with van der Waals surface area (Å²) < 4.78 is 12.0. The minimum atomic E-state index is 0.222. The maximum Gasteiger partial charge on any atom is 0.161 e. The van der Waals surface area contributed by atoms with Gasteiger partial charge in [-0.1, -0.05) is 24.3 Å². The average molecular weight is 216 g/mol. The minimum Gasteiger partial charge on any atom is -0.483 e. The number of fused-ring (bicyclic) bond motifs is 2. The molecular formula is C14H16O2. The van der Waals surface area contributed by atoms with E-state index in [1.807, 2.05) is 24.3 Å². The molecule has 1 heterocycles. The second-order valence-electron chi connectivity index (χ2n) is 4.39. The molecule has 0 unspecified atom stereocenters. The first-order chi connectivity index (χ1) is 7.93. The van der Waals surface area contributed by atoms with Gasteiger partial charge in [-0.25, -0.2) is 0 Å². The van der Waals surface area contributed by atoms with Crippen molar-refractivity contribution in [3.63, 3.8) is 0 Å². The molecule has 0 saturated carbocycles. The van der Waals surface area contributed by atoms with E-state index in [4.69, 9.17) is 9.47 Å². The van der Waals surface area contributed by atoms with Crippen LogP contribution in [0.15, 0.2) is 36.4 Å². The van der Waals surface area contributed by atoms with Gasteiger partial charge < -0.3 is 9.47 Å². The summed E-state index contributed by atoms with van der Waals surface area (Å²) in [4.78, 5) is 0. The van der Waals surface area contributed by atoms with Gasteiger partial charge >= 0.3 is 0 Å². The van der Waals surface area contributed by atoms with Crippen LogP contribution in [-0.2, 0) is 0 Å². The molecule has 0 radical (unpaired) electrons. The molecule has 2 atom stereocenters. The Morgan fingerprint density at radius 3 is 1.81 bits per heavy atom. The van der Waals surface area contributed by atoms with Gasteiger partial charge in [-0.15, -0.1) is 0 Å². The fraction of sp³-hybridized carbons (Fsp3) is 0.429. The molecule has 1 aromatic carbocycles. The summed E-state index contributed by atoms with van der Waals surface area (Å²) in [6, 6.07) is 7.96. The molecule has 3 rings (SSSR count). The predicted octanol–water partition coefficient (Wildman–Crippen LogP) is 3.33. The molecule has 16 heavy (non-hydrogen) atoms. The quantitative estimate of drug-likeness (QED) is 0.619. The fourth-order valence-corrected chi connectivity index (χ4v) is 2.37. The molecule has 2 aliphatic rings. The molecule has 1 aliphatic heterocycles. The van der Waals surface area contributed by atoms with Crippen LogP contribution < -0.4 is 9.47 Å². The summed E-state index contributed by atoms with van der Waals surface area (Å²) in [5.74, 6) is 1.79. The summed E-state index contributed by atoms with van der Waals surface area (Å²) in [6.07, 6.45) is 9.23. The lowest BCUT2D eigenvalue weighted by molar-refractivity contribution is 0.0116. The first-order valence-electron chi connectivity index (χ1n) is 6.01. The zero-order valence-corrected chi connectivity index (χ0v) is 9.26. The number of ether oxygens (including phenoxy) is 2. The molecule has 0 bridgehead atoms. The van der Waals surface area contributed by atoms with Gasteiger partial charge in [0.05, 0.1) is 0 Å². The van der Waals surface area contributed by atoms with Crippen molar-refractivity contribution in [1.82, 2.24) is 0 Å². The highest BCUT2D eigenvalue weighted by molar-refractivity contribution is 5.41. The lowest BCUT2D eigenvalue weighted by Gasteiger charge is -2.34. The maximum absolute atomic E-state index is 6.01. The number of hydrogen-bond acceptors (Lipinski definition) is 2. The van der Waals surface area contributed by atoms with Crippen molar-refractivity contribution in [1.29, 1.82) is 0 Å². The Hall–Kier alpha value is -1.44. The second-order valence-corrected chi connectivity index (χ2v) is 4.39. The predicted molar refractivity (Wildman–Crippen MR) is 62.9 cm³/mol. The molecule has 2 heteroatoms. The summed E-state index contributed by atoms with van der Waals surface area (Å²) in [7, 11) is 0. The number of benzene rings is 1. The van der Waals surface area contributed by atoms with E-state index in [0.717, 1.165) is 37.2 Å². The highest BCUT2D eigenvalue weighted by atomic mass is 16.6. The molecule has 84 valence electrons. The van der Waals surface area contributed by atoms with Crippen LogP contribution in [0.5, 0.6) is 11.5 Å². The van der Waals surface area contributed by atoms with Gasteiger partial charge in [-0.3, -0.25) is 0 Å². The Labute approximate surface area is 95.9 Å². The van der Waals surface area contributed by atoms with E-state index in [1.165, 1.54) is 0 Å². The average Bonchev–Trinajstić information content (AvgIpc) is 2.29. The Bertz CT molecular complexity index is 360. The summed E-state index contributed by atoms with van der Waals surface area (Å²) in [5.41, 5.74) is 0. The summed E-state index contributed by atoms with van der Waals surface area (Å²) >= 11 is 0. The molecule has 0 fully saturated rings.